The lowest BCUT2D eigenvalue weighted by atomic mass is 10.3. The Morgan fingerprint density at radius 1 is 0.700 bits per heavy atom. The maximum atomic E-state index is 4.58. The van der Waals surface area contributed by atoms with Gasteiger partial charge in [0.2, 0.25) is 11.6 Å². The highest BCUT2D eigenvalue weighted by atomic mass is 15.4. The molecular weight excluding hydrogens is 256 g/mol. The zero-order chi connectivity index (χ0) is 13.4. The molecule has 0 saturated carbocycles. The van der Waals surface area contributed by atoms with Crippen LogP contribution in [0.25, 0.3) is 22.7 Å². The molecule has 3 aromatic heterocycles. The molecule has 0 saturated heterocycles. The van der Waals surface area contributed by atoms with Crippen LogP contribution < -0.4 is 0 Å². The zero-order valence-corrected chi connectivity index (χ0v) is 10.2. The molecule has 0 amide bonds. The minimum absolute atomic E-state index is 0.548. The first-order valence-electron chi connectivity index (χ1n) is 5.88. The summed E-state index contributed by atoms with van der Waals surface area (Å²) in [5.74, 6) is 1.10. The van der Waals surface area contributed by atoms with Crippen LogP contribution in [0.5, 0.6) is 0 Å². The molecule has 0 aliphatic carbocycles. The standard InChI is InChI=1S/C12H8N8/c1-2-4-10-9(3-1)17-11(19-7-13-5-15-19)12(18-10)20-8-14-6-16-20/h1-8H. The highest BCUT2D eigenvalue weighted by molar-refractivity contribution is 5.76. The molecule has 3 heterocycles. The molecule has 96 valence electrons. The molecule has 1 aromatic carbocycles. The smallest absolute Gasteiger partial charge is 0.201 e. The van der Waals surface area contributed by atoms with Crippen LogP contribution in [0.2, 0.25) is 0 Å². The molecule has 4 aromatic rings. The summed E-state index contributed by atoms with van der Waals surface area (Å²) in [5.41, 5.74) is 1.56. The van der Waals surface area contributed by atoms with Crippen molar-refractivity contribution in [3.63, 3.8) is 0 Å². The molecular formula is C12H8N8. The van der Waals surface area contributed by atoms with E-state index >= 15 is 0 Å². The van der Waals surface area contributed by atoms with Crippen LogP contribution in [0, 0.1) is 0 Å². The summed E-state index contributed by atoms with van der Waals surface area (Å²) in [5, 5.41) is 8.21. The van der Waals surface area contributed by atoms with Gasteiger partial charge in [0.15, 0.2) is 0 Å². The Hall–Kier alpha value is -3.16. The molecule has 0 aliphatic rings. The average molecular weight is 264 g/mol. The van der Waals surface area contributed by atoms with Gasteiger partial charge in [-0.05, 0) is 12.1 Å². The summed E-state index contributed by atoms with van der Waals surface area (Å²) < 4.78 is 3.10. The van der Waals surface area contributed by atoms with Crippen LogP contribution >= 0.6 is 0 Å². The van der Waals surface area contributed by atoms with Crippen LogP contribution in [0.4, 0.5) is 0 Å². The van der Waals surface area contributed by atoms with E-state index in [1.54, 1.807) is 22.0 Å². The van der Waals surface area contributed by atoms with E-state index in [4.69, 9.17) is 0 Å². The normalized spacial score (nSPS) is 11.0. The van der Waals surface area contributed by atoms with Crippen molar-refractivity contribution in [1.29, 1.82) is 0 Å². The van der Waals surface area contributed by atoms with Gasteiger partial charge in [0, 0.05) is 0 Å². The Bertz CT molecular complexity index is 778. The molecule has 20 heavy (non-hydrogen) atoms. The lowest BCUT2D eigenvalue weighted by molar-refractivity contribution is 0.783. The summed E-state index contributed by atoms with van der Waals surface area (Å²) in [6.07, 6.45) is 6.03. The first kappa shape index (κ1) is 10.7. The van der Waals surface area contributed by atoms with Gasteiger partial charge in [0.05, 0.1) is 11.0 Å². The molecule has 0 unspecified atom stereocenters. The van der Waals surface area contributed by atoms with Crippen molar-refractivity contribution in [2.75, 3.05) is 0 Å². The third-order valence-corrected chi connectivity index (χ3v) is 2.81. The Morgan fingerprint density at radius 2 is 1.20 bits per heavy atom. The van der Waals surface area contributed by atoms with Crippen molar-refractivity contribution < 1.29 is 0 Å². The molecule has 8 heteroatoms. The molecule has 0 spiro atoms. The van der Waals surface area contributed by atoms with Gasteiger partial charge in [-0.2, -0.15) is 19.6 Å². The third-order valence-electron chi connectivity index (χ3n) is 2.81. The molecule has 0 N–H and O–H groups in total. The summed E-state index contributed by atoms with van der Waals surface area (Å²) in [7, 11) is 0. The lowest BCUT2D eigenvalue weighted by Gasteiger charge is -2.08. The van der Waals surface area contributed by atoms with Gasteiger partial charge in [-0.25, -0.2) is 19.9 Å². The second-order valence-electron chi connectivity index (χ2n) is 4.04. The monoisotopic (exact) mass is 264 g/mol. The number of benzene rings is 1. The predicted molar refractivity (Wildman–Crippen MR) is 69.4 cm³/mol. The molecule has 4 rings (SSSR count). The molecule has 8 nitrogen and oxygen atoms in total. The largest absolute Gasteiger partial charge is 0.223 e. The van der Waals surface area contributed by atoms with E-state index in [-0.39, 0.29) is 0 Å². The second-order valence-corrected chi connectivity index (χ2v) is 4.04. The maximum absolute atomic E-state index is 4.58. The van der Waals surface area contributed by atoms with Gasteiger partial charge >= 0.3 is 0 Å². The first-order valence-corrected chi connectivity index (χ1v) is 5.88. The van der Waals surface area contributed by atoms with Crippen LogP contribution in [0.3, 0.4) is 0 Å². The zero-order valence-electron chi connectivity index (χ0n) is 10.2. The third kappa shape index (κ3) is 1.62. The van der Waals surface area contributed by atoms with Gasteiger partial charge in [-0.3, -0.25) is 0 Å². The van der Waals surface area contributed by atoms with Crippen molar-refractivity contribution in [3.8, 4) is 11.6 Å². The maximum Gasteiger partial charge on any atom is 0.201 e. The SMILES string of the molecule is c1ccc2nc(-n3cncn3)c(-n3cncn3)nc2c1. The van der Waals surface area contributed by atoms with Crippen molar-refractivity contribution in [3.05, 3.63) is 49.6 Å². The quantitative estimate of drug-likeness (QED) is 0.532. The Kier molecular flexibility index (Phi) is 2.25. The van der Waals surface area contributed by atoms with Crippen molar-refractivity contribution in [2.24, 2.45) is 0 Å². The van der Waals surface area contributed by atoms with Gasteiger partial charge in [0.1, 0.15) is 25.3 Å². The number of nitrogens with zero attached hydrogens (tertiary/aromatic N) is 8. The Morgan fingerprint density at radius 3 is 1.60 bits per heavy atom. The van der Waals surface area contributed by atoms with E-state index in [9.17, 15) is 0 Å². The van der Waals surface area contributed by atoms with Gasteiger partial charge in [-0.15, -0.1) is 0 Å². The minimum Gasteiger partial charge on any atom is -0.223 e. The van der Waals surface area contributed by atoms with Crippen LogP contribution in [0.15, 0.2) is 49.6 Å². The predicted octanol–water partition coefficient (Wildman–Crippen LogP) is 0.791. The number of fused-ring (bicyclic) bond motifs is 1. The van der Waals surface area contributed by atoms with Crippen LogP contribution in [-0.4, -0.2) is 39.5 Å². The molecule has 0 bridgehead atoms. The van der Waals surface area contributed by atoms with Gasteiger partial charge in [-0.1, -0.05) is 12.1 Å². The summed E-state index contributed by atoms with van der Waals surface area (Å²) in [6.45, 7) is 0. The van der Waals surface area contributed by atoms with E-state index in [0.29, 0.717) is 11.6 Å². The summed E-state index contributed by atoms with van der Waals surface area (Å²) in [4.78, 5) is 17.0. The van der Waals surface area contributed by atoms with Gasteiger partial charge < -0.3 is 0 Å². The van der Waals surface area contributed by atoms with Crippen LogP contribution in [0.1, 0.15) is 0 Å². The molecule has 0 radical (unpaired) electrons. The Balaban J connectivity index is 2.06. The number of rotatable bonds is 2. The van der Waals surface area contributed by atoms with Crippen LogP contribution in [-0.2, 0) is 0 Å². The van der Waals surface area contributed by atoms with E-state index in [0.717, 1.165) is 11.0 Å². The second kappa shape index (κ2) is 4.19. The van der Waals surface area contributed by atoms with Crippen molar-refractivity contribution in [2.45, 2.75) is 0 Å². The van der Waals surface area contributed by atoms with E-state index in [2.05, 4.69) is 30.1 Å². The fourth-order valence-corrected chi connectivity index (χ4v) is 1.92. The van der Waals surface area contributed by atoms with E-state index < -0.39 is 0 Å². The number of para-hydroxylation sites is 2. The molecule has 0 fully saturated rings. The minimum atomic E-state index is 0.548. The lowest BCUT2D eigenvalue weighted by Crippen LogP contribution is -2.09. The summed E-state index contributed by atoms with van der Waals surface area (Å²) >= 11 is 0. The average Bonchev–Trinajstić information content (AvgIpc) is 3.19. The highest BCUT2D eigenvalue weighted by Gasteiger charge is 2.13. The number of aromatic nitrogens is 8. The first-order chi connectivity index (χ1) is 9.92. The fraction of sp³-hybridized carbons (Fsp3) is 0. The molecule has 0 atom stereocenters. The number of hydrogen-bond donors (Lipinski definition) is 0. The van der Waals surface area contributed by atoms with Gasteiger partial charge in [0.25, 0.3) is 0 Å². The number of hydrogen-bond acceptors (Lipinski definition) is 6. The van der Waals surface area contributed by atoms with E-state index in [1.165, 1.54) is 12.7 Å². The van der Waals surface area contributed by atoms with E-state index in [1.807, 2.05) is 24.3 Å². The Labute approximate surface area is 112 Å². The molecule has 0 aliphatic heterocycles. The van der Waals surface area contributed by atoms with Crippen molar-refractivity contribution >= 4 is 11.0 Å². The fourth-order valence-electron chi connectivity index (χ4n) is 1.92. The summed E-state index contributed by atoms with van der Waals surface area (Å²) in [6, 6.07) is 7.62. The van der Waals surface area contributed by atoms with Crippen molar-refractivity contribution in [1.82, 2.24) is 39.5 Å². The highest BCUT2D eigenvalue weighted by Crippen LogP contribution is 2.17. The topological polar surface area (TPSA) is 87.2 Å².